The summed E-state index contributed by atoms with van der Waals surface area (Å²) in [7, 11) is 0. The van der Waals surface area contributed by atoms with E-state index in [1.165, 1.54) is 77.0 Å². The lowest BCUT2D eigenvalue weighted by Gasteiger charge is -2.28. The molecule has 3 rings (SSSR count). The van der Waals surface area contributed by atoms with Gasteiger partial charge in [-0.2, -0.15) is 0 Å². The van der Waals surface area contributed by atoms with E-state index in [0.29, 0.717) is 22.1 Å². The maximum Gasteiger partial charge on any atom is 0.343 e. The summed E-state index contributed by atoms with van der Waals surface area (Å²) in [5, 5.41) is 0.415. The van der Waals surface area contributed by atoms with Gasteiger partial charge in [0.05, 0.1) is 23.3 Å². The highest BCUT2D eigenvalue weighted by atomic mass is 35.5. The van der Waals surface area contributed by atoms with Gasteiger partial charge >= 0.3 is 5.97 Å². The summed E-state index contributed by atoms with van der Waals surface area (Å²) in [5.74, 6) is 3.25. The van der Waals surface area contributed by atoms with E-state index in [2.05, 4.69) is 20.8 Å². The molecule has 2 aromatic rings. The number of carbonyl (C=O) groups is 1. The summed E-state index contributed by atoms with van der Waals surface area (Å²) in [5.41, 5.74) is 0.392. The number of carbonyl (C=O) groups excluding carboxylic acids is 1. The van der Waals surface area contributed by atoms with Crippen molar-refractivity contribution in [2.45, 2.75) is 123 Å². The van der Waals surface area contributed by atoms with Gasteiger partial charge in [-0.3, -0.25) is 0 Å². The van der Waals surface area contributed by atoms with Crippen LogP contribution in [0, 0.1) is 11.8 Å². The number of hydrogen-bond donors (Lipinski definition) is 0. The zero-order valence-corrected chi connectivity index (χ0v) is 25.9. The van der Waals surface area contributed by atoms with Gasteiger partial charge in [-0.15, -0.1) is 0 Å². The molecule has 1 atom stereocenters. The van der Waals surface area contributed by atoms with Crippen LogP contribution in [0.2, 0.25) is 5.02 Å². The Balaban J connectivity index is 1.34. The highest BCUT2D eigenvalue weighted by Crippen LogP contribution is 2.34. The van der Waals surface area contributed by atoms with Crippen molar-refractivity contribution in [3.05, 3.63) is 53.1 Å². The number of hydrogen-bond acceptors (Lipinski definition) is 4. The van der Waals surface area contributed by atoms with Crippen molar-refractivity contribution < 1.29 is 19.0 Å². The number of ether oxygens (including phenoxy) is 3. The molecule has 1 unspecified atom stereocenters. The highest BCUT2D eigenvalue weighted by Gasteiger charge is 2.20. The van der Waals surface area contributed by atoms with Gasteiger partial charge in [-0.05, 0) is 86.9 Å². The monoisotopic (exact) mass is 570 g/mol. The molecule has 0 aromatic heterocycles. The van der Waals surface area contributed by atoms with E-state index in [1.807, 2.05) is 12.1 Å². The third kappa shape index (κ3) is 11.7. The molecule has 1 aliphatic carbocycles. The average molecular weight is 571 g/mol. The minimum absolute atomic E-state index is 0.0769. The maximum absolute atomic E-state index is 12.7. The third-order valence-electron chi connectivity index (χ3n) is 8.20. The van der Waals surface area contributed by atoms with Crippen molar-refractivity contribution >= 4 is 17.6 Å². The molecule has 0 spiro atoms. The molecule has 1 aliphatic rings. The van der Waals surface area contributed by atoms with Crippen molar-refractivity contribution in [3.8, 4) is 17.2 Å². The predicted octanol–water partition coefficient (Wildman–Crippen LogP) is 10.8. The average Bonchev–Trinajstić information content (AvgIpc) is 2.96. The van der Waals surface area contributed by atoms with Gasteiger partial charge in [0.2, 0.25) is 0 Å². The molecule has 0 aliphatic heterocycles. The smallest absolute Gasteiger partial charge is 0.343 e. The van der Waals surface area contributed by atoms with Crippen LogP contribution in [0.25, 0.3) is 0 Å². The molecular weight excluding hydrogens is 520 g/mol. The Morgan fingerprint density at radius 3 is 2.10 bits per heavy atom. The second-order valence-corrected chi connectivity index (χ2v) is 12.1. The quantitative estimate of drug-likeness (QED) is 0.101. The van der Waals surface area contributed by atoms with Crippen molar-refractivity contribution in [3.63, 3.8) is 0 Å². The Hall–Kier alpha value is -2.20. The molecule has 5 heteroatoms. The van der Waals surface area contributed by atoms with Crippen LogP contribution < -0.4 is 14.2 Å². The number of halogens is 1. The number of benzene rings is 2. The summed E-state index contributed by atoms with van der Waals surface area (Å²) in [6, 6.07) is 12.3. The number of unbranched alkanes of at least 4 members (excludes halogenated alkanes) is 5. The molecular formula is C35H51ClO4. The summed E-state index contributed by atoms with van der Waals surface area (Å²) in [6.07, 6.45) is 19.4. The molecule has 2 aromatic carbocycles. The fraction of sp³-hybridized carbons (Fsp3) is 0.629. The first kappa shape index (κ1) is 32.3. The molecule has 4 nitrogen and oxygen atoms in total. The van der Waals surface area contributed by atoms with Crippen LogP contribution in [0.4, 0.5) is 0 Å². The van der Waals surface area contributed by atoms with Gasteiger partial charge in [0.25, 0.3) is 0 Å². The first-order chi connectivity index (χ1) is 19.5. The van der Waals surface area contributed by atoms with Crippen molar-refractivity contribution in [1.82, 2.24) is 0 Å². The molecule has 222 valence electrons. The van der Waals surface area contributed by atoms with Gasteiger partial charge in [-0.25, -0.2) is 4.79 Å². The van der Waals surface area contributed by atoms with Crippen LogP contribution in [0.5, 0.6) is 17.2 Å². The van der Waals surface area contributed by atoms with Crippen LogP contribution in [0.3, 0.4) is 0 Å². The Labute approximate surface area is 248 Å². The SMILES string of the molecule is CCCCCCC(C)Oc1ccc(C(=O)Oc2ccc(OCCCC3CCC(CCCCC)CC3)cc2)cc1Cl. The maximum atomic E-state index is 12.7. The minimum Gasteiger partial charge on any atom is -0.494 e. The van der Waals surface area contributed by atoms with Crippen LogP contribution in [-0.4, -0.2) is 18.7 Å². The first-order valence-corrected chi connectivity index (χ1v) is 16.3. The number of esters is 1. The molecule has 0 radical (unpaired) electrons. The standard InChI is InChI=1S/C35H51ClO4/c1-4-6-8-10-12-27(3)39-34-24-19-30(26-33(34)36)35(37)40-32-22-20-31(21-23-32)38-25-11-14-29-17-15-28(16-18-29)13-9-7-5-2/h19-24,26-29H,4-18,25H2,1-3H3. The van der Waals surface area contributed by atoms with Crippen molar-refractivity contribution in [2.75, 3.05) is 6.61 Å². The summed E-state index contributed by atoms with van der Waals surface area (Å²) in [6.45, 7) is 7.27. The molecule has 1 saturated carbocycles. The Kier molecular flexibility index (Phi) is 14.8. The summed E-state index contributed by atoms with van der Waals surface area (Å²) in [4.78, 5) is 12.7. The molecule has 40 heavy (non-hydrogen) atoms. The Bertz CT molecular complexity index is 981. The van der Waals surface area contributed by atoms with Crippen molar-refractivity contribution in [1.29, 1.82) is 0 Å². The second-order valence-electron chi connectivity index (χ2n) is 11.7. The molecule has 0 heterocycles. The Morgan fingerprint density at radius 2 is 1.45 bits per heavy atom. The summed E-state index contributed by atoms with van der Waals surface area (Å²) >= 11 is 6.42. The zero-order valence-electron chi connectivity index (χ0n) is 25.1. The lowest BCUT2D eigenvalue weighted by Crippen LogP contribution is -2.15. The van der Waals surface area contributed by atoms with Gasteiger partial charge in [0.15, 0.2) is 0 Å². The van der Waals surface area contributed by atoms with Crippen LogP contribution in [-0.2, 0) is 0 Å². The second kappa shape index (κ2) is 18.3. The molecule has 0 amide bonds. The van der Waals surface area contributed by atoms with E-state index < -0.39 is 5.97 Å². The van der Waals surface area contributed by atoms with Crippen LogP contribution in [0.15, 0.2) is 42.5 Å². The van der Waals surface area contributed by atoms with E-state index >= 15 is 0 Å². The van der Waals surface area contributed by atoms with Gasteiger partial charge in [-0.1, -0.05) is 96.1 Å². The molecule has 0 saturated heterocycles. The first-order valence-electron chi connectivity index (χ1n) is 15.9. The van der Waals surface area contributed by atoms with Crippen LogP contribution in [0.1, 0.15) is 127 Å². The molecule has 1 fully saturated rings. The van der Waals surface area contributed by atoms with E-state index in [0.717, 1.165) is 43.5 Å². The van der Waals surface area contributed by atoms with E-state index in [9.17, 15) is 4.79 Å². The summed E-state index contributed by atoms with van der Waals surface area (Å²) < 4.78 is 17.5. The van der Waals surface area contributed by atoms with Gasteiger partial charge in [0, 0.05) is 0 Å². The van der Waals surface area contributed by atoms with Gasteiger partial charge < -0.3 is 14.2 Å². The fourth-order valence-corrected chi connectivity index (χ4v) is 5.91. The topological polar surface area (TPSA) is 44.8 Å². The number of rotatable bonds is 18. The largest absolute Gasteiger partial charge is 0.494 e. The van der Waals surface area contributed by atoms with E-state index in [1.54, 1.807) is 30.3 Å². The van der Waals surface area contributed by atoms with E-state index in [4.69, 9.17) is 25.8 Å². The minimum atomic E-state index is -0.449. The van der Waals surface area contributed by atoms with Crippen molar-refractivity contribution in [2.24, 2.45) is 11.8 Å². The zero-order chi connectivity index (χ0) is 28.6. The lowest BCUT2D eigenvalue weighted by atomic mass is 9.78. The Morgan fingerprint density at radius 1 is 0.825 bits per heavy atom. The highest BCUT2D eigenvalue weighted by molar-refractivity contribution is 6.32. The fourth-order valence-electron chi connectivity index (χ4n) is 5.68. The normalized spacial score (nSPS) is 17.8. The molecule has 0 bridgehead atoms. The van der Waals surface area contributed by atoms with E-state index in [-0.39, 0.29) is 6.10 Å². The van der Waals surface area contributed by atoms with Gasteiger partial charge in [0.1, 0.15) is 17.2 Å². The lowest BCUT2D eigenvalue weighted by molar-refractivity contribution is 0.0734. The predicted molar refractivity (Wildman–Crippen MR) is 166 cm³/mol. The molecule has 0 N–H and O–H groups in total. The third-order valence-corrected chi connectivity index (χ3v) is 8.50. The van der Waals surface area contributed by atoms with Crippen LogP contribution >= 0.6 is 11.6 Å².